The first kappa shape index (κ1) is 14.6. The van der Waals surface area contributed by atoms with E-state index in [0.29, 0.717) is 0 Å². The average molecular weight is 380 g/mol. The van der Waals surface area contributed by atoms with Crippen molar-refractivity contribution in [3.8, 4) is 0 Å². The van der Waals surface area contributed by atoms with Gasteiger partial charge in [-0.05, 0) is 34.7 Å². The number of piperidine rings is 1. The Kier molecular flexibility index (Phi) is 4.72. The molecule has 1 fully saturated rings. The minimum atomic E-state index is -2.57. The molecule has 2 rings (SSSR count). The first-order valence-corrected chi connectivity index (χ1v) is 7.19. The highest BCUT2D eigenvalue weighted by molar-refractivity contribution is 14.1. The van der Waals surface area contributed by atoms with E-state index in [1.54, 1.807) is 4.90 Å². The number of para-hydroxylation sites is 1. The molecule has 0 radical (unpaired) electrons. The number of amides is 1. The number of anilines is 1. The van der Waals surface area contributed by atoms with Crippen LogP contribution in [0.15, 0.2) is 24.3 Å². The summed E-state index contributed by atoms with van der Waals surface area (Å²) < 4.78 is 26.9. The van der Waals surface area contributed by atoms with Gasteiger partial charge >= 0.3 is 0 Å². The Balaban J connectivity index is 1.84. The molecule has 0 aromatic heterocycles. The van der Waals surface area contributed by atoms with Crippen LogP contribution in [-0.2, 0) is 4.79 Å². The standard InChI is InChI=1S/C13H15F2IN2O/c14-13(15)5-7-18(8-6-13)9-12(19)17-11-4-2-1-3-10(11)16/h1-4H,5-9H2,(H,17,19). The van der Waals surface area contributed by atoms with Crippen molar-refractivity contribution in [2.24, 2.45) is 0 Å². The van der Waals surface area contributed by atoms with E-state index < -0.39 is 5.92 Å². The third-order valence-electron chi connectivity index (χ3n) is 3.10. The van der Waals surface area contributed by atoms with Crippen molar-refractivity contribution in [3.05, 3.63) is 27.8 Å². The molecule has 0 atom stereocenters. The third kappa shape index (κ3) is 4.38. The lowest BCUT2D eigenvalue weighted by Gasteiger charge is -2.31. The Labute approximate surface area is 124 Å². The van der Waals surface area contributed by atoms with E-state index in [1.807, 2.05) is 24.3 Å². The van der Waals surface area contributed by atoms with Gasteiger partial charge in [0.25, 0.3) is 5.92 Å². The third-order valence-corrected chi connectivity index (χ3v) is 4.04. The normalized spacial score (nSPS) is 19.1. The van der Waals surface area contributed by atoms with E-state index in [2.05, 4.69) is 27.9 Å². The monoisotopic (exact) mass is 380 g/mol. The smallest absolute Gasteiger partial charge is 0.250 e. The maximum atomic E-state index is 13.0. The second-order valence-electron chi connectivity index (χ2n) is 4.66. The van der Waals surface area contributed by atoms with Gasteiger partial charge in [0, 0.05) is 29.5 Å². The molecule has 1 saturated heterocycles. The second kappa shape index (κ2) is 6.13. The quantitative estimate of drug-likeness (QED) is 0.818. The van der Waals surface area contributed by atoms with Crippen molar-refractivity contribution in [1.29, 1.82) is 0 Å². The van der Waals surface area contributed by atoms with Gasteiger partial charge in [0.2, 0.25) is 5.91 Å². The topological polar surface area (TPSA) is 32.3 Å². The fourth-order valence-electron chi connectivity index (χ4n) is 1.99. The number of alkyl halides is 2. The molecule has 104 valence electrons. The summed E-state index contributed by atoms with van der Waals surface area (Å²) in [6.07, 6.45) is -0.327. The molecular formula is C13H15F2IN2O. The molecular weight excluding hydrogens is 365 g/mol. The zero-order valence-corrected chi connectivity index (χ0v) is 12.5. The minimum absolute atomic E-state index is 0.158. The van der Waals surface area contributed by atoms with Crippen molar-refractivity contribution >= 4 is 34.2 Å². The second-order valence-corrected chi connectivity index (χ2v) is 5.82. The van der Waals surface area contributed by atoms with Crippen LogP contribution in [0.4, 0.5) is 14.5 Å². The zero-order valence-electron chi connectivity index (χ0n) is 10.3. The highest BCUT2D eigenvalue weighted by atomic mass is 127. The van der Waals surface area contributed by atoms with Gasteiger partial charge in [-0.1, -0.05) is 12.1 Å². The number of nitrogens with zero attached hydrogens (tertiary/aromatic N) is 1. The summed E-state index contributed by atoms with van der Waals surface area (Å²) >= 11 is 2.14. The molecule has 0 unspecified atom stereocenters. The number of likely N-dealkylation sites (tertiary alicyclic amines) is 1. The van der Waals surface area contributed by atoms with Crippen LogP contribution in [0.1, 0.15) is 12.8 Å². The lowest BCUT2D eigenvalue weighted by molar-refractivity contribution is -0.119. The molecule has 19 heavy (non-hydrogen) atoms. The summed E-state index contributed by atoms with van der Waals surface area (Å²) in [4.78, 5) is 13.6. The molecule has 0 spiro atoms. The summed E-state index contributed by atoms with van der Waals surface area (Å²) in [6.45, 7) is 0.708. The summed E-state index contributed by atoms with van der Waals surface area (Å²) in [5, 5.41) is 2.80. The molecule has 1 aliphatic rings. The van der Waals surface area contributed by atoms with Gasteiger partial charge in [-0.15, -0.1) is 0 Å². The van der Waals surface area contributed by atoms with Crippen LogP contribution in [0.25, 0.3) is 0 Å². The largest absolute Gasteiger partial charge is 0.324 e. The highest BCUT2D eigenvalue weighted by Gasteiger charge is 2.34. The molecule has 0 aliphatic carbocycles. The van der Waals surface area contributed by atoms with Gasteiger partial charge in [0.05, 0.1) is 12.2 Å². The van der Waals surface area contributed by atoms with Gasteiger partial charge in [0.15, 0.2) is 0 Å². The van der Waals surface area contributed by atoms with Crippen molar-refractivity contribution in [2.75, 3.05) is 25.0 Å². The Hall–Kier alpha value is -0.760. The van der Waals surface area contributed by atoms with Gasteiger partial charge in [-0.25, -0.2) is 8.78 Å². The molecule has 1 aromatic carbocycles. The number of benzene rings is 1. The zero-order chi connectivity index (χ0) is 13.9. The molecule has 1 aromatic rings. The maximum absolute atomic E-state index is 13.0. The molecule has 3 nitrogen and oxygen atoms in total. The molecule has 1 heterocycles. The Morgan fingerprint density at radius 3 is 2.58 bits per heavy atom. The highest BCUT2D eigenvalue weighted by Crippen LogP contribution is 2.27. The van der Waals surface area contributed by atoms with Crippen LogP contribution in [-0.4, -0.2) is 36.4 Å². The molecule has 1 aliphatic heterocycles. The fraction of sp³-hybridized carbons (Fsp3) is 0.462. The molecule has 6 heteroatoms. The summed E-state index contributed by atoms with van der Waals surface area (Å²) in [7, 11) is 0. The number of hydrogen-bond acceptors (Lipinski definition) is 2. The maximum Gasteiger partial charge on any atom is 0.250 e. The summed E-state index contributed by atoms with van der Waals surface area (Å²) in [5.74, 6) is -2.73. The predicted octanol–water partition coefficient (Wildman–Crippen LogP) is 2.96. The SMILES string of the molecule is O=C(CN1CCC(F)(F)CC1)Nc1ccccc1I. The van der Waals surface area contributed by atoms with Crippen molar-refractivity contribution in [2.45, 2.75) is 18.8 Å². The van der Waals surface area contributed by atoms with Crippen LogP contribution in [0, 0.1) is 3.57 Å². The molecule has 0 bridgehead atoms. The Morgan fingerprint density at radius 1 is 1.32 bits per heavy atom. The van der Waals surface area contributed by atoms with E-state index in [4.69, 9.17) is 0 Å². The van der Waals surface area contributed by atoms with Crippen LogP contribution >= 0.6 is 22.6 Å². The summed E-state index contributed by atoms with van der Waals surface area (Å²) in [5.41, 5.74) is 0.760. The van der Waals surface area contributed by atoms with Crippen LogP contribution in [0.3, 0.4) is 0 Å². The van der Waals surface area contributed by atoms with Gasteiger partial charge in [0.1, 0.15) is 0 Å². The van der Waals surface area contributed by atoms with E-state index in [0.717, 1.165) is 9.26 Å². The van der Waals surface area contributed by atoms with Gasteiger partial charge in [-0.3, -0.25) is 9.69 Å². The number of halogens is 3. The first-order chi connectivity index (χ1) is 8.96. The van der Waals surface area contributed by atoms with E-state index in [-0.39, 0.29) is 38.4 Å². The lowest BCUT2D eigenvalue weighted by atomic mass is 10.1. The van der Waals surface area contributed by atoms with Crippen LogP contribution < -0.4 is 5.32 Å². The van der Waals surface area contributed by atoms with E-state index in [1.165, 1.54) is 0 Å². The molecule has 1 amide bonds. The first-order valence-electron chi connectivity index (χ1n) is 6.11. The number of carbonyl (C=O) groups excluding carboxylic acids is 1. The Bertz CT molecular complexity index is 458. The summed E-state index contributed by atoms with van der Waals surface area (Å²) in [6, 6.07) is 7.46. The van der Waals surface area contributed by atoms with Gasteiger partial charge < -0.3 is 5.32 Å². The molecule has 1 N–H and O–H groups in total. The van der Waals surface area contributed by atoms with E-state index in [9.17, 15) is 13.6 Å². The van der Waals surface area contributed by atoms with Crippen molar-refractivity contribution < 1.29 is 13.6 Å². The van der Waals surface area contributed by atoms with E-state index >= 15 is 0 Å². The van der Waals surface area contributed by atoms with Crippen molar-refractivity contribution in [1.82, 2.24) is 4.90 Å². The number of nitrogens with one attached hydrogen (secondary N) is 1. The predicted molar refractivity (Wildman–Crippen MR) is 78.4 cm³/mol. The van der Waals surface area contributed by atoms with Crippen molar-refractivity contribution in [3.63, 3.8) is 0 Å². The van der Waals surface area contributed by atoms with Crippen LogP contribution in [0.5, 0.6) is 0 Å². The van der Waals surface area contributed by atoms with Gasteiger partial charge in [-0.2, -0.15) is 0 Å². The minimum Gasteiger partial charge on any atom is -0.324 e. The molecule has 0 saturated carbocycles. The number of hydrogen-bond donors (Lipinski definition) is 1. The average Bonchev–Trinajstić information content (AvgIpc) is 2.35. The fourth-order valence-corrected chi connectivity index (χ4v) is 2.52. The lowest BCUT2D eigenvalue weighted by Crippen LogP contribution is -2.43. The van der Waals surface area contributed by atoms with Crippen LogP contribution in [0.2, 0.25) is 0 Å². The Morgan fingerprint density at radius 2 is 1.95 bits per heavy atom. The number of carbonyl (C=O) groups is 1. The number of rotatable bonds is 3.